The third kappa shape index (κ3) is 2.57. The van der Waals surface area contributed by atoms with E-state index >= 15 is 0 Å². The van der Waals surface area contributed by atoms with Crippen molar-refractivity contribution in [1.82, 2.24) is 0 Å². The lowest BCUT2D eigenvalue weighted by Crippen LogP contribution is -2.17. The number of aliphatic hydroxyl groups excluding tert-OH is 2. The van der Waals surface area contributed by atoms with E-state index in [0.717, 1.165) is 5.56 Å². The van der Waals surface area contributed by atoms with E-state index in [9.17, 15) is 10.2 Å². The van der Waals surface area contributed by atoms with Crippen molar-refractivity contribution < 1.29 is 14.6 Å². The topological polar surface area (TPSA) is 53.6 Å². The van der Waals surface area contributed by atoms with Crippen molar-refractivity contribution >= 4 is 0 Å². The van der Waals surface area contributed by atoms with Crippen LogP contribution in [0.15, 0.2) is 53.1 Å². The van der Waals surface area contributed by atoms with E-state index < -0.39 is 12.2 Å². The smallest absolute Gasteiger partial charge is 0.132 e. The lowest BCUT2D eigenvalue weighted by atomic mass is 9.91. The van der Waals surface area contributed by atoms with Crippen LogP contribution in [0.1, 0.15) is 30.5 Å². The van der Waals surface area contributed by atoms with Gasteiger partial charge in [0.05, 0.1) is 12.4 Å². The van der Waals surface area contributed by atoms with Gasteiger partial charge >= 0.3 is 0 Å². The highest BCUT2D eigenvalue weighted by Crippen LogP contribution is 2.32. The van der Waals surface area contributed by atoms with Crippen LogP contribution in [-0.2, 0) is 0 Å². The minimum Gasteiger partial charge on any atom is -0.467 e. The molecule has 2 rings (SSSR count). The molecule has 1 aromatic carbocycles. The van der Waals surface area contributed by atoms with Crippen molar-refractivity contribution in [3.63, 3.8) is 0 Å². The summed E-state index contributed by atoms with van der Waals surface area (Å²) < 4.78 is 5.14. The molecule has 1 heterocycles. The molecule has 0 saturated heterocycles. The summed E-state index contributed by atoms with van der Waals surface area (Å²) in [5, 5.41) is 20.2. The lowest BCUT2D eigenvalue weighted by Gasteiger charge is -2.23. The van der Waals surface area contributed by atoms with Gasteiger partial charge in [-0.2, -0.15) is 0 Å². The van der Waals surface area contributed by atoms with Gasteiger partial charge in [-0.3, -0.25) is 0 Å². The fourth-order valence-corrected chi connectivity index (χ4v) is 1.85. The summed E-state index contributed by atoms with van der Waals surface area (Å²) in [4.78, 5) is 0. The van der Waals surface area contributed by atoms with Crippen LogP contribution in [-0.4, -0.2) is 10.2 Å². The van der Waals surface area contributed by atoms with Gasteiger partial charge in [-0.25, -0.2) is 0 Å². The molecule has 1 aromatic heterocycles. The molecule has 90 valence electrons. The van der Waals surface area contributed by atoms with Crippen molar-refractivity contribution in [2.75, 3.05) is 0 Å². The molecule has 0 aliphatic rings. The summed E-state index contributed by atoms with van der Waals surface area (Å²) in [6, 6.07) is 12.7. The van der Waals surface area contributed by atoms with Gasteiger partial charge in [-0.05, 0) is 17.7 Å². The quantitative estimate of drug-likeness (QED) is 0.852. The van der Waals surface area contributed by atoms with Crippen LogP contribution in [0.5, 0.6) is 0 Å². The number of furan rings is 1. The average Bonchev–Trinajstić information content (AvgIpc) is 2.91. The maximum absolute atomic E-state index is 10.2. The maximum Gasteiger partial charge on any atom is 0.132 e. The fraction of sp³-hybridized carbons (Fsp3) is 0.286. The molecule has 0 radical (unpaired) electrons. The van der Waals surface area contributed by atoms with Crippen LogP contribution < -0.4 is 0 Å². The number of rotatable bonds is 4. The van der Waals surface area contributed by atoms with E-state index in [4.69, 9.17) is 4.42 Å². The van der Waals surface area contributed by atoms with Gasteiger partial charge in [0.15, 0.2) is 0 Å². The molecular weight excluding hydrogens is 216 g/mol. The largest absolute Gasteiger partial charge is 0.467 e. The first kappa shape index (κ1) is 11.9. The normalized spacial score (nSPS) is 16.4. The van der Waals surface area contributed by atoms with E-state index in [1.807, 2.05) is 30.3 Å². The second-order valence-corrected chi connectivity index (χ2v) is 4.17. The molecule has 3 nitrogen and oxygen atoms in total. The zero-order valence-electron chi connectivity index (χ0n) is 9.65. The molecule has 0 aliphatic heterocycles. The van der Waals surface area contributed by atoms with Crippen LogP contribution in [0.2, 0.25) is 0 Å². The zero-order chi connectivity index (χ0) is 12.3. The first-order chi connectivity index (χ1) is 8.20. The van der Waals surface area contributed by atoms with Gasteiger partial charge in [0.2, 0.25) is 0 Å². The van der Waals surface area contributed by atoms with Crippen LogP contribution in [0.3, 0.4) is 0 Å². The van der Waals surface area contributed by atoms with Gasteiger partial charge < -0.3 is 14.6 Å². The monoisotopic (exact) mass is 232 g/mol. The highest BCUT2D eigenvalue weighted by atomic mass is 16.4. The summed E-state index contributed by atoms with van der Waals surface area (Å²) in [5.74, 6) is 0.149. The molecule has 2 N–H and O–H groups in total. The molecule has 3 atom stereocenters. The summed E-state index contributed by atoms with van der Waals surface area (Å²) in [6.45, 7) is 1.80. The van der Waals surface area contributed by atoms with Crippen molar-refractivity contribution in [1.29, 1.82) is 0 Å². The zero-order valence-corrected chi connectivity index (χ0v) is 9.65. The van der Waals surface area contributed by atoms with Gasteiger partial charge in [0.25, 0.3) is 0 Å². The number of hydrogen-bond acceptors (Lipinski definition) is 3. The molecule has 3 heteroatoms. The van der Waals surface area contributed by atoms with Gasteiger partial charge in [0.1, 0.15) is 11.9 Å². The summed E-state index contributed by atoms with van der Waals surface area (Å²) in [6.07, 6.45) is -0.00307. The second kappa shape index (κ2) is 5.17. The highest BCUT2D eigenvalue weighted by molar-refractivity contribution is 5.19. The molecule has 17 heavy (non-hydrogen) atoms. The SMILES string of the molecule is C[C@@H]([C@H](O)c1ccco1)[C@@H](O)c1ccccc1. The summed E-state index contributed by atoms with van der Waals surface area (Å²) in [7, 11) is 0. The van der Waals surface area contributed by atoms with Crippen LogP contribution in [0, 0.1) is 5.92 Å². The lowest BCUT2D eigenvalue weighted by molar-refractivity contribution is 0.00877. The Bertz CT molecular complexity index is 436. The van der Waals surface area contributed by atoms with Gasteiger partial charge in [-0.1, -0.05) is 37.3 Å². The van der Waals surface area contributed by atoms with Crippen molar-refractivity contribution in [2.24, 2.45) is 5.92 Å². The predicted octanol–water partition coefficient (Wildman–Crippen LogP) is 2.68. The number of aliphatic hydroxyl groups is 2. The Morgan fingerprint density at radius 3 is 2.24 bits per heavy atom. The van der Waals surface area contributed by atoms with Gasteiger partial charge in [0, 0.05) is 5.92 Å². The molecule has 0 amide bonds. The van der Waals surface area contributed by atoms with Crippen molar-refractivity contribution in [3.05, 3.63) is 60.1 Å². The highest BCUT2D eigenvalue weighted by Gasteiger charge is 2.26. The maximum atomic E-state index is 10.2. The first-order valence-corrected chi connectivity index (χ1v) is 5.64. The van der Waals surface area contributed by atoms with E-state index in [1.165, 1.54) is 6.26 Å². The van der Waals surface area contributed by atoms with E-state index in [0.29, 0.717) is 5.76 Å². The van der Waals surface area contributed by atoms with E-state index in [-0.39, 0.29) is 5.92 Å². The average molecular weight is 232 g/mol. The Labute approximate surface area is 100 Å². The third-order valence-corrected chi connectivity index (χ3v) is 2.97. The summed E-state index contributed by atoms with van der Waals surface area (Å²) >= 11 is 0. The minimum atomic E-state index is -0.805. The standard InChI is InChI=1S/C14H16O3/c1-10(14(16)12-8-5-9-17-12)13(15)11-6-3-2-4-7-11/h2-10,13-16H,1H3/t10-,13-,14+/m1/s1. The molecular formula is C14H16O3. The van der Waals surface area contributed by atoms with Crippen molar-refractivity contribution in [2.45, 2.75) is 19.1 Å². The van der Waals surface area contributed by atoms with Crippen LogP contribution in [0.25, 0.3) is 0 Å². The van der Waals surface area contributed by atoms with E-state index in [1.54, 1.807) is 19.1 Å². The van der Waals surface area contributed by atoms with Crippen LogP contribution in [0.4, 0.5) is 0 Å². The van der Waals surface area contributed by atoms with Crippen LogP contribution >= 0.6 is 0 Å². The number of hydrogen-bond donors (Lipinski definition) is 2. The fourth-order valence-electron chi connectivity index (χ4n) is 1.85. The molecule has 2 aromatic rings. The third-order valence-electron chi connectivity index (χ3n) is 2.97. The molecule has 0 unspecified atom stereocenters. The van der Waals surface area contributed by atoms with E-state index in [2.05, 4.69) is 0 Å². The Balaban J connectivity index is 2.12. The Hall–Kier alpha value is -1.58. The first-order valence-electron chi connectivity index (χ1n) is 5.64. The molecule has 0 bridgehead atoms. The Morgan fingerprint density at radius 1 is 0.941 bits per heavy atom. The predicted molar refractivity (Wildman–Crippen MR) is 64.2 cm³/mol. The summed E-state index contributed by atoms with van der Waals surface area (Å²) in [5.41, 5.74) is 0.797. The second-order valence-electron chi connectivity index (χ2n) is 4.17. The Morgan fingerprint density at radius 2 is 1.65 bits per heavy atom. The molecule has 0 aliphatic carbocycles. The minimum absolute atomic E-state index is 0.330. The molecule has 0 saturated carbocycles. The van der Waals surface area contributed by atoms with Crippen molar-refractivity contribution in [3.8, 4) is 0 Å². The van der Waals surface area contributed by atoms with Gasteiger partial charge in [-0.15, -0.1) is 0 Å². The number of benzene rings is 1. The Kier molecular flexibility index (Phi) is 3.61. The molecule has 0 spiro atoms. The molecule has 0 fully saturated rings.